The minimum atomic E-state index is -0.659. The molecule has 2 N–H and O–H groups in total. The zero-order valence-electron chi connectivity index (χ0n) is 9.55. The number of hydrogen-bond donors (Lipinski definition) is 1. The summed E-state index contributed by atoms with van der Waals surface area (Å²) in [5.74, 6) is 0.129. The standard InChI is InChI=1S/C11H22N2O/c1-4-8-11(3,12)10(14)13(5-2)9-6-7-9/h9H,4-8,12H2,1-3H3. The molecule has 0 saturated heterocycles. The average molecular weight is 198 g/mol. The van der Waals surface area contributed by atoms with Crippen LogP contribution in [0, 0.1) is 0 Å². The molecular weight excluding hydrogens is 176 g/mol. The van der Waals surface area contributed by atoms with Crippen molar-refractivity contribution < 1.29 is 4.79 Å². The summed E-state index contributed by atoms with van der Waals surface area (Å²) in [4.78, 5) is 14.0. The Hall–Kier alpha value is -0.570. The summed E-state index contributed by atoms with van der Waals surface area (Å²) in [6.45, 7) is 6.73. The Labute approximate surface area is 86.6 Å². The Kier molecular flexibility index (Phi) is 3.53. The zero-order chi connectivity index (χ0) is 10.8. The molecule has 0 aromatic heterocycles. The number of likely N-dealkylation sites (N-methyl/N-ethyl adjacent to an activating group) is 1. The van der Waals surface area contributed by atoms with Crippen LogP contribution in [0.2, 0.25) is 0 Å². The Morgan fingerprint density at radius 3 is 2.43 bits per heavy atom. The van der Waals surface area contributed by atoms with Crippen LogP contribution in [0.1, 0.15) is 46.5 Å². The van der Waals surface area contributed by atoms with Gasteiger partial charge in [0.2, 0.25) is 5.91 Å². The normalized spacial score (nSPS) is 20.3. The van der Waals surface area contributed by atoms with E-state index in [0.29, 0.717) is 6.04 Å². The van der Waals surface area contributed by atoms with Crippen molar-refractivity contribution in [2.45, 2.75) is 58.0 Å². The van der Waals surface area contributed by atoms with Gasteiger partial charge >= 0.3 is 0 Å². The van der Waals surface area contributed by atoms with Crippen molar-refractivity contribution in [1.82, 2.24) is 4.90 Å². The summed E-state index contributed by atoms with van der Waals surface area (Å²) >= 11 is 0. The van der Waals surface area contributed by atoms with Crippen molar-refractivity contribution in [1.29, 1.82) is 0 Å². The molecule has 0 aromatic rings. The average Bonchev–Trinajstić information content (AvgIpc) is 2.89. The molecule has 14 heavy (non-hydrogen) atoms. The van der Waals surface area contributed by atoms with Crippen LogP contribution in [-0.2, 0) is 4.79 Å². The van der Waals surface area contributed by atoms with Gasteiger partial charge in [-0.05, 0) is 33.1 Å². The molecule has 3 nitrogen and oxygen atoms in total. The monoisotopic (exact) mass is 198 g/mol. The van der Waals surface area contributed by atoms with Gasteiger partial charge in [-0.2, -0.15) is 0 Å². The van der Waals surface area contributed by atoms with Crippen molar-refractivity contribution in [3.05, 3.63) is 0 Å². The Morgan fingerprint density at radius 1 is 1.50 bits per heavy atom. The maximum atomic E-state index is 12.1. The lowest BCUT2D eigenvalue weighted by Gasteiger charge is -2.31. The number of hydrogen-bond acceptors (Lipinski definition) is 2. The van der Waals surface area contributed by atoms with Gasteiger partial charge in [0, 0.05) is 12.6 Å². The number of amides is 1. The van der Waals surface area contributed by atoms with Crippen LogP contribution in [0.3, 0.4) is 0 Å². The second-order valence-electron chi connectivity index (χ2n) is 4.49. The fourth-order valence-corrected chi connectivity index (χ4v) is 1.91. The topological polar surface area (TPSA) is 46.3 Å². The number of carbonyl (C=O) groups is 1. The van der Waals surface area contributed by atoms with Gasteiger partial charge in [-0.15, -0.1) is 0 Å². The molecule has 1 saturated carbocycles. The lowest BCUT2D eigenvalue weighted by atomic mass is 9.95. The molecule has 0 heterocycles. The molecule has 0 aliphatic heterocycles. The van der Waals surface area contributed by atoms with Gasteiger partial charge in [0.05, 0.1) is 5.54 Å². The summed E-state index contributed by atoms with van der Waals surface area (Å²) in [5.41, 5.74) is 5.36. The predicted octanol–water partition coefficient (Wildman–Crippen LogP) is 1.51. The minimum Gasteiger partial charge on any atom is -0.338 e. The smallest absolute Gasteiger partial charge is 0.242 e. The molecule has 1 atom stereocenters. The van der Waals surface area contributed by atoms with Gasteiger partial charge in [-0.1, -0.05) is 13.3 Å². The van der Waals surface area contributed by atoms with E-state index in [-0.39, 0.29) is 5.91 Å². The first-order valence-electron chi connectivity index (χ1n) is 5.63. The fourth-order valence-electron chi connectivity index (χ4n) is 1.91. The molecule has 1 aliphatic carbocycles. The molecule has 0 spiro atoms. The summed E-state index contributed by atoms with van der Waals surface area (Å²) in [5, 5.41) is 0. The van der Waals surface area contributed by atoms with E-state index in [4.69, 9.17) is 5.73 Å². The van der Waals surface area contributed by atoms with Crippen molar-refractivity contribution >= 4 is 5.91 Å². The summed E-state index contributed by atoms with van der Waals surface area (Å²) in [7, 11) is 0. The van der Waals surface area contributed by atoms with Gasteiger partial charge in [0.1, 0.15) is 0 Å². The Balaban J connectivity index is 2.60. The first-order valence-corrected chi connectivity index (χ1v) is 5.63. The lowest BCUT2D eigenvalue weighted by molar-refractivity contribution is -0.137. The van der Waals surface area contributed by atoms with Crippen LogP contribution < -0.4 is 5.73 Å². The quantitative estimate of drug-likeness (QED) is 0.728. The van der Waals surface area contributed by atoms with E-state index >= 15 is 0 Å². The molecule has 82 valence electrons. The fraction of sp³-hybridized carbons (Fsp3) is 0.909. The van der Waals surface area contributed by atoms with Crippen molar-refractivity contribution in [2.75, 3.05) is 6.54 Å². The van der Waals surface area contributed by atoms with Gasteiger partial charge in [0.15, 0.2) is 0 Å². The highest BCUT2D eigenvalue weighted by atomic mass is 16.2. The van der Waals surface area contributed by atoms with E-state index in [0.717, 1.165) is 32.2 Å². The molecule has 1 fully saturated rings. The minimum absolute atomic E-state index is 0.129. The van der Waals surface area contributed by atoms with E-state index in [1.165, 1.54) is 0 Å². The lowest BCUT2D eigenvalue weighted by Crippen LogP contribution is -2.53. The van der Waals surface area contributed by atoms with E-state index in [2.05, 4.69) is 6.92 Å². The molecule has 3 heteroatoms. The van der Waals surface area contributed by atoms with Crippen LogP contribution in [0.5, 0.6) is 0 Å². The number of nitrogens with two attached hydrogens (primary N) is 1. The van der Waals surface area contributed by atoms with E-state index in [1.54, 1.807) is 0 Å². The molecule has 1 amide bonds. The highest BCUT2D eigenvalue weighted by Crippen LogP contribution is 2.28. The molecular formula is C11H22N2O. The molecule has 0 aromatic carbocycles. The van der Waals surface area contributed by atoms with Crippen LogP contribution in [0.4, 0.5) is 0 Å². The van der Waals surface area contributed by atoms with E-state index in [9.17, 15) is 4.79 Å². The zero-order valence-corrected chi connectivity index (χ0v) is 9.55. The first kappa shape index (κ1) is 11.5. The number of nitrogens with zero attached hydrogens (tertiary/aromatic N) is 1. The summed E-state index contributed by atoms with van der Waals surface area (Å²) < 4.78 is 0. The van der Waals surface area contributed by atoms with Crippen LogP contribution in [-0.4, -0.2) is 28.9 Å². The van der Waals surface area contributed by atoms with Gasteiger partial charge < -0.3 is 10.6 Å². The van der Waals surface area contributed by atoms with Gasteiger partial charge in [-0.3, -0.25) is 4.79 Å². The molecule has 1 aliphatic rings. The summed E-state index contributed by atoms with van der Waals surface area (Å²) in [6, 6.07) is 0.479. The third-order valence-corrected chi connectivity index (χ3v) is 2.85. The Bertz CT molecular complexity index is 209. The van der Waals surface area contributed by atoms with Gasteiger partial charge in [-0.25, -0.2) is 0 Å². The number of carbonyl (C=O) groups excluding carboxylic acids is 1. The maximum absolute atomic E-state index is 12.1. The van der Waals surface area contributed by atoms with E-state index < -0.39 is 5.54 Å². The maximum Gasteiger partial charge on any atom is 0.242 e. The van der Waals surface area contributed by atoms with Crippen molar-refractivity contribution in [3.63, 3.8) is 0 Å². The highest BCUT2D eigenvalue weighted by Gasteiger charge is 2.38. The number of rotatable bonds is 5. The second kappa shape index (κ2) is 4.30. The largest absolute Gasteiger partial charge is 0.338 e. The van der Waals surface area contributed by atoms with E-state index in [1.807, 2.05) is 18.7 Å². The molecule has 0 bridgehead atoms. The molecule has 1 rings (SSSR count). The van der Waals surface area contributed by atoms with Crippen LogP contribution in [0.15, 0.2) is 0 Å². The van der Waals surface area contributed by atoms with Crippen LogP contribution in [0.25, 0.3) is 0 Å². The Morgan fingerprint density at radius 2 is 2.07 bits per heavy atom. The third-order valence-electron chi connectivity index (χ3n) is 2.85. The molecule has 1 unspecified atom stereocenters. The third kappa shape index (κ3) is 2.47. The van der Waals surface area contributed by atoms with Gasteiger partial charge in [0.25, 0.3) is 0 Å². The van der Waals surface area contributed by atoms with Crippen LogP contribution >= 0.6 is 0 Å². The van der Waals surface area contributed by atoms with Crippen molar-refractivity contribution in [3.8, 4) is 0 Å². The van der Waals surface area contributed by atoms with Crippen molar-refractivity contribution in [2.24, 2.45) is 5.73 Å². The highest BCUT2D eigenvalue weighted by molar-refractivity contribution is 5.86. The second-order valence-corrected chi connectivity index (χ2v) is 4.49. The molecule has 0 radical (unpaired) electrons. The SMILES string of the molecule is CCCC(C)(N)C(=O)N(CC)C1CC1. The summed E-state index contributed by atoms with van der Waals surface area (Å²) in [6.07, 6.45) is 4.04. The predicted molar refractivity (Wildman–Crippen MR) is 57.9 cm³/mol. The first-order chi connectivity index (χ1) is 6.53.